The van der Waals surface area contributed by atoms with Crippen molar-refractivity contribution in [1.82, 2.24) is 0 Å². The number of aliphatic hydroxyl groups is 1. The Morgan fingerprint density at radius 2 is 1.73 bits per heavy atom. The van der Waals surface area contributed by atoms with E-state index in [1.165, 1.54) is 48.6 Å². The van der Waals surface area contributed by atoms with Crippen molar-refractivity contribution in [2.24, 2.45) is 5.92 Å². The Morgan fingerprint density at radius 3 is 2.68 bits per heavy atom. The third kappa shape index (κ3) is 2.30. The molecule has 0 aromatic heterocycles. The summed E-state index contributed by atoms with van der Waals surface area (Å²) < 4.78 is 0. The van der Waals surface area contributed by atoms with Gasteiger partial charge < -0.3 is 10.4 Å². The Balaban J connectivity index is 1.66. The smallest absolute Gasteiger partial charge is 0.0875 e. The highest BCUT2D eigenvalue weighted by molar-refractivity contribution is 5.93. The van der Waals surface area contributed by atoms with Gasteiger partial charge in [0.05, 0.1) is 11.6 Å². The van der Waals surface area contributed by atoms with Crippen LogP contribution in [0.15, 0.2) is 42.5 Å². The summed E-state index contributed by atoms with van der Waals surface area (Å²) in [5, 5.41) is 17.6. The number of nitrogens with one attached hydrogen (secondary N) is 1. The van der Waals surface area contributed by atoms with Crippen LogP contribution in [0.3, 0.4) is 0 Å². The molecule has 116 valence electrons. The van der Waals surface area contributed by atoms with Crippen molar-refractivity contribution in [3.8, 4) is 0 Å². The Kier molecular flexibility index (Phi) is 3.57. The van der Waals surface area contributed by atoms with Crippen LogP contribution in [-0.2, 0) is 0 Å². The van der Waals surface area contributed by atoms with Crippen LogP contribution in [-0.4, -0.2) is 16.7 Å². The molecule has 0 bridgehead atoms. The van der Waals surface area contributed by atoms with Gasteiger partial charge in [-0.2, -0.15) is 0 Å². The normalized spacial score (nSPS) is 31.7. The summed E-state index contributed by atoms with van der Waals surface area (Å²) in [6.45, 7) is 0. The molecule has 0 heterocycles. The van der Waals surface area contributed by atoms with Crippen molar-refractivity contribution in [3.05, 3.63) is 42.5 Å². The minimum atomic E-state index is -0.507. The fourth-order valence-corrected chi connectivity index (χ4v) is 4.66. The zero-order valence-corrected chi connectivity index (χ0v) is 13.1. The summed E-state index contributed by atoms with van der Waals surface area (Å²) >= 11 is 0. The highest BCUT2D eigenvalue weighted by Crippen LogP contribution is 2.45. The third-order valence-corrected chi connectivity index (χ3v) is 5.85. The lowest BCUT2D eigenvalue weighted by molar-refractivity contribution is -0.0834. The van der Waals surface area contributed by atoms with E-state index in [1.807, 2.05) is 0 Å². The molecule has 2 nitrogen and oxygen atoms in total. The molecule has 2 heteroatoms. The first-order valence-electron chi connectivity index (χ1n) is 8.74. The quantitative estimate of drug-likeness (QED) is 0.840. The first-order valence-corrected chi connectivity index (χ1v) is 8.74. The second-order valence-corrected chi connectivity index (χ2v) is 7.09. The van der Waals surface area contributed by atoms with Crippen molar-refractivity contribution in [2.75, 3.05) is 5.32 Å². The molecule has 0 amide bonds. The average Bonchev–Trinajstić information content (AvgIpc) is 2.56. The lowest BCUT2D eigenvalue weighted by Crippen LogP contribution is -2.56. The van der Waals surface area contributed by atoms with Crippen LogP contribution in [0.2, 0.25) is 0 Å². The van der Waals surface area contributed by atoms with E-state index in [4.69, 9.17) is 0 Å². The predicted molar refractivity (Wildman–Crippen MR) is 92.1 cm³/mol. The molecular formula is C20H25NO. The first kappa shape index (κ1) is 14.1. The molecule has 0 spiro atoms. The van der Waals surface area contributed by atoms with E-state index in [9.17, 15) is 5.11 Å². The molecule has 2 aromatic rings. The number of benzene rings is 2. The maximum absolute atomic E-state index is 11.3. The van der Waals surface area contributed by atoms with Crippen molar-refractivity contribution in [3.63, 3.8) is 0 Å². The minimum Gasteiger partial charge on any atom is -0.387 e. The van der Waals surface area contributed by atoms with Gasteiger partial charge >= 0.3 is 0 Å². The molecule has 22 heavy (non-hydrogen) atoms. The number of hydrogen-bond acceptors (Lipinski definition) is 2. The van der Waals surface area contributed by atoms with Gasteiger partial charge in [-0.05, 0) is 43.1 Å². The van der Waals surface area contributed by atoms with E-state index in [0.717, 1.165) is 12.8 Å². The van der Waals surface area contributed by atoms with Gasteiger partial charge in [-0.3, -0.25) is 0 Å². The lowest BCUT2D eigenvalue weighted by Gasteiger charge is -2.49. The van der Waals surface area contributed by atoms with Gasteiger partial charge in [-0.1, -0.05) is 55.7 Å². The molecule has 0 saturated heterocycles. The van der Waals surface area contributed by atoms with Crippen molar-refractivity contribution >= 4 is 16.5 Å². The fraction of sp³-hybridized carbons (Fsp3) is 0.500. The Morgan fingerprint density at radius 1 is 0.909 bits per heavy atom. The monoisotopic (exact) mass is 295 g/mol. The molecule has 2 aliphatic rings. The fourth-order valence-electron chi connectivity index (χ4n) is 4.66. The summed E-state index contributed by atoms with van der Waals surface area (Å²) in [6.07, 6.45) is 8.12. The summed E-state index contributed by atoms with van der Waals surface area (Å²) in [6, 6.07) is 15.1. The maximum atomic E-state index is 11.3. The van der Waals surface area contributed by atoms with E-state index in [0.29, 0.717) is 5.92 Å². The Hall–Kier alpha value is -1.54. The highest BCUT2D eigenvalue weighted by atomic mass is 16.3. The third-order valence-electron chi connectivity index (χ3n) is 5.85. The molecule has 3 atom stereocenters. The molecular weight excluding hydrogens is 270 g/mol. The number of rotatable bonds is 2. The topological polar surface area (TPSA) is 32.3 Å². The minimum absolute atomic E-state index is 0.192. The van der Waals surface area contributed by atoms with Crippen LogP contribution in [0.5, 0.6) is 0 Å². The van der Waals surface area contributed by atoms with Crippen molar-refractivity contribution in [2.45, 2.75) is 56.6 Å². The molecule has 2 aliphatic carbocycles. The number of anilines is 1. The summed E-state index contributed by atoms with van der Waals surface area (Å²) in [5.41, 5.74) is 0.663. The van der Waals surface area contributed by atoms with E-state index >= 15 is 0 Å². The second-order valence-electron chi connectivity index (χ2n) is 7.09. The highest BCUT2D eigenvalue weighted by Gasteiger charge is 2.47. The summed E-state index contributed by atoms with van der Waals surface area (Å²) in [5.74, 6) is 0.488. The Bertz CT molecular complexity index is 660. The van der Waals surface area contributed by atoms with E-state index in [1.54, 1.807) is 0 Å². The van der Waals surface area contributed by atoms with Gasteiger partial charge in [-0.15, -0.1) is 0 Å². The zero-order chi connectivity index (χ0) is 15.0. The van der Waals surface area contributed by atoms with Gasteiger partial charge in [0.15, 0.2) is 0 Å². The van der Waals surface area contributed by atoms with Gasteiger partial charge in [0.25, 0.3) is 0 Å². The zero-order valence-electron chi connectivity index (χ0n) is 13.1. The predicted octanol–water partition coefficient (Wildman–Crippen LogP) is 4.73. The van der Waals surface area contributed by atoms with Crippen molar-refractivity contribution in [1.29, 1.82) is 0 Å². The van der Waals surface area contributed by atoms with E-state index < -0.39 is 5.60 Å². The summed E-state index contributed by atoms with van der Waals surface area (Å²) in [7, 11) is 0. The molecule has 2 aromatic carbocycles. The van der Waals surface area contributed by atoms with Crippen LogP contribution >= 0.6 is 0 Å². The lowest BCUT2D eigenvalue weighted by atomic mass is 9.65. The standard InChI is InChI=1S/C20H25NO/c22-20-14-4-3-9-16(20)10-6-13-19(20)21-18-12-5-8-15-7-1-2-11-17(15)18/h1-2,5,7-8,11-12,16,19,21-22H,3-4,6,9-10,13-14H2/t16-,19?,20-/m1/s1. The van der Waals surface area contributed by atoms with Crippen LogP contribution < -0.4 is 5.32 Å². The van der Waals surface area contributed by atoms with Gasteiger partial charge in [0, 0.05) is 11.1 Å². The maximum Gasteiger partial charge on any atom is 0.0875 e. The molecule has 0 radical (unpaired) electrons. The van der Waals surface area contributed by atoms with Crippen LogP contribution in [0.1, 0.15) is 44.9 Å². The van der Waals surface area contributed by atoms with Gasteiger partial charge in [-0.25, -0.2) is 0 Å². The van der Waals surface area contributed by atoms with Gasteiger partial charge in [0.2, 0.25) is 0 Å². The first-order chi connectivity index (χ1) is 10.8. The van der Waals surface area contributed by atoms with Crippen molar-refractivity contribution < 1.29 is 5.11 Å². The molecule has 2 fully saturated rings. The number of fused-ring (bicyclic) bond motifs is 2. The molecule has 2 N–H and O–H groups in total. The van der Waals surface area contributed by atoms with E-state index in [-0.39, 0.29) is 6.04 Å². The SMILES string of the molecule is O[C@]12CCCC[C@@H]1CCCC2Nc1cccc2ccccc12. The largest absolute Gasteiger partial charge is 0.387 e. The molecule has 1 unspecified atom stereocenters. The van der Waals surface area contributed by atoms with Crippen LogP contribution in [0.25, 0.3) is 10.8 Å². The van der Waals surface area contributed by atoms with E-state index in [2.05, 4.69) is 47.8 Å². The van der Waals surface area contributed by atoms with Crippen LogP contribution in [0.4, 0.5) is 5.69 Å². The number of hydrogen-bond donors (Lipinski definition) is 2. The summed E-state index contributed by atoms with van der Waals surface area (Å²) in [4.78, 5) is 0. The van der Waals surface area contributed by atoms with Crippen LogP contribution in [0, 0.1) is 5.92 Å². The molecule has 0 aliphatic heterocycles. The average molecular weight is 295 g/mol. The molecule has 4 rings (SSSR count). The molecule has 2 saturated carbocycles. The second kappa shape index (κ2) is 5.58. The Labute approximate surface area is 132 Å². The van der Waals surface area contributed by atoms with Gasteiger partial charge in [0.1, 0.15) is 0 Å².